The van der Waals surface area contributed by atoms with E-state index in [0.29, 0.717) is 0 Å². The average Bonchev–Trinajstić information content (AvgIpc) is 2.51. The Morgan fingerprint density at radius 3 is 0.900 bits per heavy atom. The van der Waals surface area contributed by atoms with Gasteiger partial charge in [-0.15, -0.1) is 0 Å². The van der Waals surface area contributed by atoms with Gasteiger partial charge in [0.05, 0.1) is 0 Å². The standard InChI is InChI=1S/C18H15N.Ir/c1-4-10-16(11-5-1)19(17-12-6-2-7-13-17)18-14-8-3-9-15-18;/h1-15H;. The molecule has 3 aromatic carbocycles. The van der Waals surface area contributed by atoms with E-state index in [9.17, 15) is 0 Å². The minimum atomic E-state index is 0. The van der Waals surface area contributed by atoms with Gasteiger partial charge < -0.3 is 4.90 Å². The second-order valence-corrected chi connectivity index (χ2v) is 4.34. The molecule has 3 aromatic rings. The molecule has 0 atom stereocenters. The first-order chi connectivity index (χ1) is 9.45. The van der Waals surface area contributed by atoms with Crippen molar-refractivity contribution in [2.24, 2.45) is 0 Å². The maximum atomic E-state index is 2.25. The normalized spacial score (nSPS) is 9.60. The van der Waals surface area contributed by atoms with Crippen LogP contribution < -0.4 is 4.90 Å². The van der Waals surface area contributed by atoms with Crippen molar-refractivity contribution in [2.75, 3.05) is 4.90 Å². The number of hydrogen-bond acceptors (Lipinski definition) is 1. The summed E-state index contributed by atoms with van der Waals surface area (Å²) in [4.78, 5) is 2.25. The molecule has 0 fully saturated rings. The second-order valence-electron chi connectivity index (χ2n) is 4.34. The van der Waals surface area contributed by atoms with Crippen LogP contribution in [0, 0.1) is 0 Å². The van der Waals surface area contributed by atoms with Crippen LogP contribution in [0.25, 0.3) is 0 Å². The molecule has 1 radical (unpaired) electrons. The third-order valence-corrected chi connectivity index (χ3v) is 3.04. The average molecular weight is 438 g/mol. The topological polar surface area (TPSA) is 3.24 Å². The van der Waals surface area contributed by atoms with Crippen molar-refractivity contribution in [1.29, 1.82) is 0 Å². The Balaban J connectivity index is 0.00000147. The molecule has 0 unspecified atom stereocenters. The summed E-state index contributed by atoms with van der Waals surface area (Å²) in [5.41, 5.74) is 3.50. The summed E-state index contributed by atoms with van der Waals surface area (Å²) < 4.78 is 0. The van der Waals surface area contributed by atoms with Gasteiger partial charge in [-0.05, 0) is 36.4 Å². The molecule has 0 saturated heterocycles. The fraction of sp³-hybridized carbons (Fsp3) is 0. The Kier molecular flexibility index (Phi) is 5.11. The van der Waals surface area contributed by atoms with Crippen LogP contribution in [0.1, 0.15) is 0 Å². The summed E-state index contributed by atoms with van der Waals surface area (Å²) in [6.07, 6.45) is 0. The van der Waals surface area contributed by atoms with E-state index in [2.05, 4.69) is 77.7 Å². The van der Waals surface area contributed by atoms with E-state index in [-0.39, 0.29) is 20.1 Å². The van der Waals surface area contributed by atoms with Gasteiger partial charge in [-0.2, -0.15) is 0 Å². The van der Waals surface area contributed by atoms with Gasteiger partial charge in [0.25, 0.3) is 0 Å². The van der Waals surface area contributed by atoms with E-state index >= 15 is 0 Å². The van der Waals surface area contributed by atoms with Crippen LogP contribution in [0.15, 0.2) is 91.0 Å². The molecule has 101 valence electrons. The number of benzene rings is 3. The van der Waals surface area contributed by atoms with Crippen molar-refractivity contribution in [3.63, 3.8) is 0 Å². The van der Waals surface area contributed by atoms with Gasteiger partial charge in [0.15, 0.2) is 0 Å². The van der Waals surface area contributed by atoms with Gasteiger partial charge in [0.2, 0.25) is 0 Å². The second kappa shape index (κ2) is 7.04. The minimum Gasteiger partial charge on any atom is -0.311 e. The van der Waals surface area contributed by atoms with E-state index in [0.717, 1.165) is 0 Å². The first-order valence-corrected chi connectivity index (χ1v) is 6.40. The SMILES string of the molecule is [Ir].c1ccc(N(c2ccccc2)c2ccccc2)cc1. The molecule has 20 heavy (non-hydrogen) atoms. The van der Waals surface area contributed by atoms with E-state index in [1.165, 1.54) is 17.1 Å². The Morgan fingerprint density at radius 1 is 0.400 bits per heavy atom. The third kappa shape index (κ3) is 3.16. The van der Waals surface area contributed by atoms with Crippen LogP contribution in [-0.2, 0) is 20.1 Å². The van der Waals surface area contributed by atoms with Crippen LogP contribution in [-0.4, -0.2) is 0 Å². The van der Waals surface area contributed by atoms with E-state index in [1.54, 1.807) is 0 Å². The summed E-state index contributed by atoms with van der Waals surface area (Å²) in [7, 11) is 0. The number of anilines is 3. The quantitative estimate of drug-likeness (QED) is 0.548. The molecule has 0 aliphatic heterocycles. The maximum absolute atomic E-state index is 2.25. The van der Waals surface area contributed by atoms with Crippen LogP contribution in [0.5, 0.6) is 0 Å². The molecular weight excluding hydrogens is 422 g/mol. The molecule has 3 rings (SSSR count). The van der Waals surface area contributed by atoms with Crippen molar-refractivity contribution in [3.05, 3.63) is 91.0 Å². The van der Waals surface area contributed by atoms with E-state index in [1.807, 2.05) is 18.2 Å². The molecule has 0 aromatic heterocycles. The summed E-state index contributed by atoms with van der Waals surface area (Å²) >= 11 is 0. The van der Waals surface area contributed by atoms with Gasteiger partial charge in [0, 0.05) is 37.2 Å². The molecule has 0 N–H and O–H groups in total. The minimum absolute atomic E-state index is 0. The first-order valence-electron chi connectivity index (χ1n) is 6.40. The van der Waals surface area contributed by atoms with Crippen LogP contribution in [0.3, 0.4) is 0 Å². The van der Waals surface area contributed by atoms with Crippen molar-refractivity contribution >= 4 is 17.1 Å². The van der Waals surface area contributed by atoms with Crippen LogP contribution in [0.2, 0.25) is 0 Å². The molecule has 0 saturated carbocycles. The number of nitrogens with zero attached hydrogens (tertiary/aromatic N) is 1. The molecule has 0 bridgehead atoms. The van der Waals surface area contributed by atoms with Gasteiger partial charge in [-0.25, -0.2) is 0 Å². The number of para-hydroxylation sites is 3. The van der Waals surface area contributed by atoms with Crippen LogP contribution >= 0.6 is 0 Å². The zero-order chi connectivity index (χ0) is 12.9. The van der Waals surface area contributed by atoms with Crippen molar-refractivity contribution in [3.8, 4) is 0 Å². The summed E-state index contributed by atoms with van der Waals surface area (Å²) in [5, 5.41) is 0. The van der Waals surface area contributed by atoms with Gasteiger partial charge in [0.1, 0.15) is 0 Å². The molecule has 0 spiro atoms. The molecule has 0 aliphatic rings. The monoisotopic (exact) mass is 438 g/mol. The molecule has 2 heteroatoms. The molecule has 0 amide bonds. The number of rotatable bonds is 3. The predicted octanol–water partition coefficient (Wildman–Crippen LogP) is 5.15. The number of hydrogen-bond donors (Lipinski definition) is 0. The van der Waals surface area contributed by atoms with Crippen molar-refractivity contribution < 1.29 is 20.1 Å². The Labute approximate surface area is 133 Å². The molecular formula is C18H15IrN. The van der Waals surface area contributed by atoms with Gasteiger partial charge in [-0.3, -0.25) is 0 Å². The first kappa shape index (κ1) is 14.5. The molecule has 0 aliphatic carbocycles. The fourth-order valence-corrected chi connectivity index (χ4v) is 2.18. The van der Waals surface area contributed by atoms with E-state index in [4.69, 9.17) is 0 Å². The zero-order valence-electron chi connectivity index (χ0n) is 10.9. The zero-order valence-corrected chi connectivity index (χ0v) is 13.3. The smallest absolute Gasteiger partial charge is 0.0461 e. The fourth-order valence-electron chi connectivity index (χ4n) is 2.18. The Morgan fingerprint density at radius 2 is 0.650 bits per heavy atom. The summed E-state index contributed by atoms with van der Waals surface area (Å²) in [5.74, 6) is 0. The van der Waals surface area contributed by atoms with Crippen molar-refractivity contribution in [2.45, 2.75) is 0 Å². The van der Waals surface area contributed by atoms with Gasteiger partial charge in [-0.1, -0.05) is 54.6 Å². The molecule has 1 nitrogen and oxygen atoms in total. The third-order valence-electron chi connectivity index (χ3n) is 3.04. The van der Waals surface area contributed by atoms with Crippen LogP contribution in [0.4, 0.5) is 17.1 Å². The summed E-state index contributed by atoms with van der Waals surface area (Å²) in [6, 6.07) is 31.3. The largest absolute Gasteiger partial charge is 0.311 e. The van der Waals surface area contributed by atoms with Crippen molar-refractivity contribution in [1.82, 2.24) is 0 Å². The predicted molar refractivity (Wildman–Crippen MR) is 81.1 cm³/mol. The Hall–Kier alpha value is -1.89. The Bertz CT molecular complexity index is 529. The molecule has 0 heterocycles. The van der Waals surface area contributed by atoms with Gasteiger partial charge >= 0.3 is 0 Å². The van der Waals surface area contributed by atoms with E-state index < -0.39 is 0 Å². The maximum Gasteiger partial charge on any atom is 0.0461 e. The summed E-state index contributed by atoms with van der Waals surface area (Å²) in [6.45, 7) is 0.